The van der Waals surface area contributed by atoms with Crippen LogP contribution in [0.1, 0.15) is 17.7 Å². The summed E-state index contributed by atoms with van der Waals surface area (Å²) < 4.78 is 40.0. The molecule has 1 aliphatic rings. The predicted molar refractivity (Wildman–Crippen MR) is 100 cm³/mol. The fourth-order valence-electron chi connectivity index (χ4n) is 3.11. The van der Waals surface area contributed by atoms with Gasteiger partial charge in [0.2, 0.25) is 5.95 Å². The molecule has 3 aromatic rings. The molecular weight excluding hydrogens is 385 g/mol. The molecule has 0 atom stereocenters. The lowest BCUT2D eigenvalue weighted by atomic mass is 10.00. The van der Waals surface area contributed by atoms with Gasteiger partial charge in [0.15, 0.2) is 5.69 Å². The molecule has 2 aromatic heterocycles. The van der Waals surface area contributed by atoms with Crippen LogP contribution in [0.2, 0.25) is 0 Å². The van der Waals surface area contributed by atoms with E-state index in [0.717, 1.165) is 27.9 Å². The fraction of sp³-hybridized carbons (Fsp3) is 0.263. The zero-order valence-electron chi connectivity index (χ0n) is 15.3. The summed E-state index contributed by atoms with van der Waals surface area (Å²) in [6.45, 7) is 1.04. The Morgan fingerprint density at radius 2 is 1.90 bits per heavy atom. The van der Waals surface area contributed by atoms with Gasteiger partial charge in [-0.3, -0.25) is 9.25 Å². The molecule has 0 radical (unpaired) electrons. The smallest absolute Gasteiger partial charge is 0.337 e. The van der Waals surface area contributed by atoms with E-state index in [1.54, 1.807) is 0 Å². The van der Waals surface area contributed by atoms with Crippen LogP contribution >= 0.6 is 0 Å². The fourth-order valence-corrected chi connectivity index (χ4v) is 3.11. The number of rotatable bonds is 4. The van der Waals surface area contributed by atoms with Crippen molar-refractivity contribution in [2.45, 2.75) is 19.3 Å². The monoisotopic (exact) mass is 402 g/mol. The Labute approximate surface area is 163 Å². The summed E-state index contributed by atoms with van der Waals surface area (Å²) in [6.07, 6.45) is 0.775. The number of halogens is 3. The maximum atomic E-state index is 12.6. The van der Waals surface area contributed by atoms with Crippen LogP contribution in [0.3, 0.4) is 0 Å². The number of hydrogen-bond donors (Lipinski definition) is 0. The SMILES string of the molecule is O=c1nc(N2CC=C(c3ccccc3)CC2)ncn1Cn1ccc(C(F)(F)F)n1. The van der Waals surface area contributed by atoms with Gasteiger partial charge in [-0.1, -0.05) is 36.4 Å². The standard InChI is InChI=1S/C19H17F3N6O/c20-19(21,22)16-8-11-28(25-16)13-27-12-23-17(24-18(27)29)26-9-6-15(7-10-26)14-4-2-1-3-5-14/h1-6,8,11-12H,7,9-10,13H2. The van der Waals surface area contributed by atoms with Gasteiger partial charge in [-0.15, -0.1) is 0 Å². The summed E-state index contributed by atoms with van der Waals surface area (Å²) in [6, 6.07) is 10.9. The molecule has 0 bridgehead atoms. The maximum absolute atomic E-state index is 12.6. The van der Waals surface area contributed by atoms with E-state index in [1.165, 1.54) is 17.5 Å². The van der Waals surface area contributed by atoms with E-state index in [2.05, 4.69) is 33.3 Å². The number of anilines is 1. The Hall–Kier alpha value is -3.43. The summed E-state index contributed by atoms with van der Waals surface area (Å²) in [4.78, 5) is 22.3. The van der Waals surface area contributed by atoms with Gasteiger partial charge in [-0.05, 0) is 23.6 Å². The first kappa shape index (κ1) is 18.9. The van der Waals surface area contributed by atoms with Crippen molar-refractivity contribution in [3.05, 3.63) is 76.7 Å². The molecule has 0 N–H and O–H groups in total. The van der Waals surface area contributed by atoms with E-state index in [4.69, 9.17) is 0 Å². The zero-order valence-corrected chi connectivity index (χ0v) is 15.3. The van der Waals surface area contributed by atoms with Crippen LogP contribution in [0.25, 0.3) is 5.57 Å². The topological polar surface area (TPSA) is 68.8 Å². The van der Waals surface area contributed by atoms with Crippen LogP contribution in [0.15, 0.2) is 59.8 Å². The van der Waals surface area contributed by atoms with Crippen LogP contribution in [-0.4, -0.2) is 37.4 Å². The van der Waals surface area contributed by atoms with Crippen molar-refractivity contribution < 1.29 is 13.2 Å². The molecule has 0 spiro atoms. The molecule has 7 nitrogen and oxygen atoms in total. The van der Waals surface area contributed by atoms with E-state index in [0.29, 0.717) is 19.0 Å². The summed E-state index contributed by atoms with van der Waals surface area (Å²) >= 11 is 0. The maximum Gasteiger partial charge on any atom is 0.435 e. The molecule has 0 saturated carbocycles. The number of hydrogen-bond acceptors (Lipinski definition) is 5. The van der Waals surface area contributed by atoms with Crippen molar-refractivity contribution in [1.82, 2.24) is 24.3 Å². The second-order valence-electron chi connectivity index (χ2n) is 6.58. The Morgan fingerprint density at radius 3 is 2.52 bits per heavy atom. The molecule has 10 heteroatoms. The Balaban J connectivity index is 1.46. The Kier molecular flexibility index (Phi) is 4.91. The van der Waals surface area contributed by atoms with Crippen molar-refractivity contribution >= 4 is 11.5 Å². The number of nitrogens with zero attached hydrogens (tertiary/aromatic N) is 6. The molecule has 4 rings (SSSR count). The van der Waals surface area contributed by atoms with Crippen LogP contribution in [0.5, 0.6) is 0 Å². The predicted octanol–water partition coefficient (Wildman–Crippen LogP) is 2.65. The number of benzene rings is 1. The summed E-state index contributed by atoms with van der Waals surface area (Å²) in [7, 11) is 0. The van der Waals surface area contributed by atoms with Gasteiger partial charge in [0.05, 0.1) is 0 Å². The van der Waals surface area contributed by atoms with Gasteiger partial charge < -0.3 is 4.90 Å². The van der Waals surface area contributed by atoms with Gasteiger partial charge in [-0.25, -0.2) is 9.78 Å². The van der Waals surface area contributed by atoms with Crippen molar-refractivity contribution in [1.29, 1.82) is 0 Å². The average molecular weight is 402 g/mol. The van der Waals surface area contributed by atoms with Crippen molar-refractivity contribution in [3.63, 3.8) is 0 Å². The van der Waals surface area contributed by atoms with Gasteiger partial charge in [0.25, 0.3) is 0 Å². The van der Waals surface area contributed by atoms with Gasteiger partial charge in [-0.2, -0.15) is 23.3 Å². The summed E-state index contributed by atoms with van der Waals surface area (Å²) in [5, 5.41) is 3.43. The molecule has 0 amide bonds. The van der Waals surface area contributed by atoms with Crippen molar-refractivity contribution in [3.8, 4) is 0 Å². The zero-order chi connectivity index (χ0) is 20.4. The van der Waals surface area contributed by atoms with E-state index in [1.807, 2.05) is 23.1 Å². The lowest BCUT2D eigenvalue weighted by Crippen LogP contribution is -2.34. The summed E-state index contributed by atoms with van der Waals surface area (Å²) in [5.74, 6) is 0.297. The minimum absolute atomic E-state index is 0.201. The first-order valence-corrected chi connectivity index (χ1v) is 8.94. The van der Waals surface area contributed by atoms with Crippen molar-refractivity contribution in [2.75, 3.05) is 18.0 Å². The van der Waals surface area contributed by atoms with Gasteiger partial charge in [0.1, 0.15) is 13.0 Å². The molecule has 1 aliphatic heterocycles. The van der Waals surface area contributed by atoms with Gasteiger partial charge >= 0.3 is 11.9 Å². The Bertz CT molecular complexity index is 1090. The van der Waals surface area contributed by atoms with Crippen molar-refractivity contribution in [2.24, 2.45) is 0 Å². The summed E-state index contributed by atoms with van der Waals surface area (Å²) in [5.41, 5.74) is 0.782. The second-order valence-corrected chi connectivity index (χ2v) is 6.58. The third-order valence-corrected chi connectivity index (χ3v) is 4.62. The van der Waals surface area contributed by atoms with Crippen LogP contribution < -0.4 is 10.6 Å². The number of aromatic nitrogens is 5. The highest BCUT2D eigenvalue weighted by Crippen LogP contribution is 2.27. The molecule has 0 unspecified atom stereocenters. The van der Waals surface area contributed by atoms with E-state index >= 15 is 0 Å². The molecular formula is C19H17F3N6O. The average Bonchev–Trinajstić information content (AvgIpc) is 3.20. The molecule has 0 fully saturated rings. The van der Waals surface area contributed by atoms with Crippen LogP contribution in [0, 0.1) is 0 Å². The highest BCUT2D eigenvalue weighted by molar-refractivity contribution is 5.67. The normalized spacial score (nSPS) is 14.7. The van der Waals surface area contributed by atoms with Gasteiger partial charge in [0, 0.05) is 19.3 Å². The lowest BCUT2D eigenvalue weighted by molar-refractivity contribution is -0.141. The largest absolute Gasteiger partial charge is 0.435 e. The molecule has 1 aromatic carbocycles. The Morgan fingerprint density at radius 1 is 1.10 bits per heavy atom. The molecule has 0 aliphatic carbocycles. The molecule has 3 heterocycles. The number of alkyl halides is 3. The molecule has 29 heavy (non-hydrogen) atoms. The third-order valence-electron chi connectivity index (χ3n) is 4.62. The first-order chi connectivity index (χ1) is 13.9. The minimum Gasteiger partial charge on any atom is -0.337 e. The highest BCUT2D eigenvalue weighted by atomic mass is 19.4. The second kappa shape index (κ2) is 7.53. The van der Waals surface area contributed by atoms with E-state index in [9.17, 15) is 18.0 Å². The lowest BCUT2D eigenvalue weighted by Gasteiger charge is -2.26. The van der Waals surface area contributed by atoms with E-state index < -0.39 is 17.6 Å². The third kappa shape index (κ3) is 4.20. The van der Waals surface area contributed by atoms with Crippen LogP contribution in [0.4, 0.5) is 19.1 Å². The molecule has 0 saturated heterocycles. The highest BCUT2D eigenvalue weighted by Gasteiger charge is 2.33. The quantitative estimate of drug-likeness (QED) is 0.671. The first-order valence-electron chi connectivity index (χ1n) is 8.94. The van der Waals surface area contributed by atoms with Crippen LogP contribution in [-0.2, 0) is 12.8 Å². The minimum atomic E-state index is -4.53. The van der Waals surface area contributed by atoms with E-state index in [-0.39, 0.29) is 6.67 Å². The molecule has 150 valence electrons.